The van der Waals surface area contributed by atoms with Crippen LogP contribution in [0.2, 0.25) is 0 Å². The third-order valence-corrected chi connectivity index (χ3v) is 4.24. The number of carbonyl (C=O) groups is 1. The zero-order valence-electron chi connectivity index (χ0n) is 10.8. The van der Waals surface area contributed by atoms with Crippen LogP contribution in [0.5, 0.6) is 0 Å². The van der Waals surface area contributed by atoms with Crippen molar-refractivity contribution in [1.82, 2.24) is 9.62 Å². The van der Waals surface area contributed by atoms with Crippen molar-refractivity contribution in [3.05, 3.63) is 17.9 Å². The van der Waals surface area contributed by atoms with E-state index in [1.54, 1.807) is 4.90 Å². The van der Waals surface area contributed by atoms with Gasteiger partial charge in [0.15, 0.2) is 5.76 Å². The second kappa shape index (κ2) is 5.32. The fourth-order valence-corrected chi connectivity index (χ4v) is 2.50. The molecule has 7 nitrogen and oxygen atoms in total. The molecule has 1 aromatic heterocycles. The van der Waals surface area contributed by atoms with E-state index in [4.69, 9.17) is 9.15 Å². The molecule has 8 heteroatoms. The maximum absolute atomic E-state index is 12.2. The molecule has 0 aromatic carbocycles. The number of rotatable bonds is 3. The van der Waals surface area contributed by atoms with E-state index in [2.05, 4.69) is 4.72 Å². The van der Waals surface area contributed by atoms with E-state index in [1.165, 1.54) is 19.2 Å². The van der Waals surface area contributed by atoms with Crippen LogP contribution in [-0.4, -0.2) is 52.1 Å². The highest BCUT2D eigenvalue weighted by molar-refractivity contribution is 7.89. The molecule has 1 N–H and O–H groups in total. The van der Waals surface area contributed by atoms with Gasteiger partial charge in [0, 0.05) is 6.54 Å². The highest BCUT2D eigenvalue weighted by Gasteiger charge is 2.28. The zero-order valence-corrected chi connectivity index (χ0v) is 11.6. The Morgan fingerprint density at radius 1 is 1.47 bits per heavy atom. The first kappa shape index (κ1) is 14.0. The van der Waals surface area contributed by atoms with Crippen LogP contribution >= 0.6 is 0 Å². The number of nitrogens with one attached hydrogen (secondary N) is 1. The van der Waals surface area contributed by atoms with E-state index in [1.807, 2.05) is 6.92 Å². The summed E-state index contributed by atoms with van der Waals surface area (Å²) in [7, 11) is -2.39. The Labute approximate surface area is 111 Å². The third kappa shape index (κ3) is 2.80. The number of ether oxygens (including phenoxy) is 1. The summed E-state index contributed by atoms with van der Waals surface area (Å²) in [5.41, 5.74) is 0. The number of hydrogen-bond acceptors (Lipinski definition) is 5. The molecule has 2 heterocycles. The van der Waals surface area contributed by atoms with Gasteiger partial charge in [-0.25, -0.2) is 13.1 Å². The molecule has 1 atom stereocenters. The molecular weight excluding hydrogens is 272 g/mol. The van der Waals surface area contributed by atoms with E-state index >= 15 is 0 Å². The summed E-state index contributed by atoms with van der Waals surface area (Å²) in [6.45, 7) is 3.27. The Hall–Kier alpha value is -1.38. The van der Waals surface area contributed by atoms with E-state index < -0.39 is 10.0 Å². The van der Waals surface area contributed by atoms with Crippen LogP contribution in [-0.2, 0) is 14.8 Å². The molecule has 1 amide bonds. The van der Waals surface area contributed by atoms with Gasteiger partial charge in [0.25, 0.3) is 15.9 Å². The molecule has 106 valence electrons. The maximum atomic E-state index is 12.2. The molecule has 0 bridgehead atoms. The molecule has 19 heavy (non-hydrogen) atoms. The van der Waals surface area contributed by atoms with Crippen LogP contribution in [0.4, 0.5) is 0 Å². The van der Waals surface area contributed by atoms with Crippen LogP contribution in [0.1, 0.15) is 17.5 Å². The maximum Gasteiger partial charge on any atom is 0.290 e. The number of carbonyl (C=O) groups excluding carboxylic acids is 1. The van der Waals surface area contributed by atoms with Crippen molar-refractivity contribution in [2.45, 2.75) is 18.1 Å². The van der Waals surface area contributed by atoms with Gasteiger partial charge in [-0.1, -0.05) is 0 Å². The van der Waals surface area contributed by atoms with E-state index in [0.717, 1.165) is 0 Å². The summed E-state index contributed by atoms with van der Waals surface area (Å²) in [4.78, 5) is 13.8. The lowest BCUT2D eigenvalue weighted by Gasteiger charge is -2.32. The van der Waals surface area contributed by atoms with Gasteiger partial charge in [0.2, 0.25) is 5.09 Å². The Kier molecular flexibility index (Phi) is 3.93. The Morgan fingerprint density at radius 2 is 2.21 bits per heavy atom. The van der Waals surface area contributed by atoms with Crippen LogP contribution in [0.25, 0.3) is 0 Å². The van der Waals surface area contributed by atoms with Crippen LogP contribution in [0.3, 0.4) is 0 Å². The monoisotopic (exact) mass is 288 g/mol. The molecule has 1 aliphatic rings. The fraction of sp³-hybridized carbons (Fsp3) is 0.545. The average molecular weight is 288 g/mol. The van der Waals surface area contributed by atoms with Gasteiger partial charge in [0.1, 0.15) is 0 Å². The van der Waals surface area contributed by atoms with Gasteiger partial charge in [-0.15, -0.1) is 0 Å². The van der Waals surface area contributed by atoms with Gasteiger partial charge < -0.3 is 14.1 Å². The highest BCUT2D eigenvalue weighted by Crippen LogP contribution is 2.17. The standard InChI is InChI=1S/C11H16N2O5S/c1-8-7-17-6-5-13(8)11(14)9-3-4-10(18-9)19(15,16)12-2/h3-4,8,12H,5-7H2,1-2H3. The summed E-state index contributed by atoms with van der Waals surface area (Å²) >= 11 is 0. The predicted molar refractivity (Wildman–Crippen MR) is 66.3 cm³/mol. The van der Waals surface area contributed by atoms with Gasteiger partial charge >= 0.3 is 0 Å². The number of nitrogens with zero attached hydrogens (tertiary/aromatic N) is 1. The molecule has 1 saturated heterocycles. The molecule has 1 aromatic rings. The number of morpholine rings is 1. The average Bonchev–Trinajstić information content (AvgIpc) is 2.89. The van der Waals surface area contributed by atoms with Crippen molar-refractivity contribution >= 4 is 15.9 Å². The summed E-state index contributed by atoms with van der Waals surface area (Å²) in [6.07, 6.45) is 0. The normalized spacial score (nSPS) is 20.5. The molecule has 0 radical (unpaired) electrons. The van der Waals surface area contributed by atoms with E-state index in [-0.39, 0.29) is 22.8 Å². The van der Waals surface area contributed by atoms with Crippen molar-refractivity contribution in [3.8, 4) is 0 Å². The Balaban J connectivity index is 2.21. The second-order valence-corrected chi connectivity index (χ2v) is 6.07. The minimum Gasteiger partial charge on any atom is -0.438 e. The first-order valence-corrected chi connectivity index (χ1v) is 7.36. The van der Waals surface area contributed by atoms with Crippen molar-refractivity contribution < 1.29 is 22.4 Å². The summed E-state index contributed by atoms with van der Waals surface area (Å²) in [5, 5.41) is -0.265. The highest BCUT2D eigenvalue weighted by atomic mass is 32.2. The van der Waals surface area contributed by atoms with Crippen molar-refractivity contribution in [1.29, 1.82) is 0 Å². The first-order chi connectivity index (χ1) is 8.95. The number of furan rings is 1. The molecule has 0 spiro atoms. The van der Waals surface area contributed by atoms with Crippen LogP contribution in [0.15, 0.2) is 21.6 Å². The molecular formula is C11H16N2O5S. The quantitative estimate of drug-likeness (QED) is 0.849. The molecule has 0 aliphatic carbocycles. The number of amides is 1. The van der Waals surface area contributed by atoms with Crippen LogP contribution in [0, 0.1) is 0 Å². The minimum absolute atomic E-state index is 0.0163. The van der Waals surface area contributed by atoms with Crippen molar-refractivity contribution in [3.63, 3.8) is 0 Å². The summed E-state index contributed by atoms with van der Waals surface area (Å²) < 4.78 is 35.6. The predicted octanol–water partition coefficient (Wildman–Crippen LogP) is 0.0486. The van der Waals surface area contributed by atoms with Gasteiger partial charge in [-0.05, 0) is 26.1 Å². The minimum atomic E-state index is -3.67. The van der Waals surface area contributed by atoms with Gasteiger partial charge in [-0.2, -0.15) is 0 Å². The number of hydrogen-bond donors (Lipinski definition) is 1. The Morgan fingerprint density at radius 3 is 2.84 bits per heavy atom. The first-order valence-electron chi connectivity index (χ1n) is 5.88. The Bertz CT molecular complexity index is 565. The fourth-order valence-electron chi connectivity index (χ4n) is 1.85. The molecule has 2 rings (SSSR count). The second-order valence-electron chi connectivity index (χ2n) is 4.25. The lowest BCUT2D eigenvalue weighted by Crippen LogP contribution is -2.47. The summed E-state index contributed by atoms with van der Waals surface area (Å²) in [6, 6.07) is 2.58. The van der Waals surface area contributed by atoms with Crippen LogP contribution < -0.4 is 4.72 Å². The van der Waals surface area contributed by atoms with Gasteiger partial charge in [0.05, 0.1) is 19.3 Å². The van der Waals surface area contributed by atoms with Crippen molar-refractivity contribution in [2.75, 3.05) is 26.8 Å². The lowest BCUT2D eigenvalue weighted by molar-refractivity contribution is 0.00172. The van der Waals surface area contributed by atoms with E-state index in [9.17, 15) is 13.2 Å². The van der Waals surface area contributed by atoms with Crippen molar-refractivity contribution in [2.24, 2.45) is 0 Å². The summed E-state index contributed by atoms with van der Waals surface area (Å²) in [5.74, 6) is -0.309. The van der Waals surface area contributed by atoms with E-state index in [0.29, 0.717) is 19.8 Å². The molecule has 1 aliphatic heterocycles. The van der Waals surface area contributed by atoms with Gasteiger partial charge in [-0.3, -0.25) is 4.79 Å². The SMILES string of the molecule is CNS(=O)(=O)c1ccc(C(=O)N2CCOCC2C)o1. The molecule has 1 unspecified atom stereocenters. The zero-order chi connectivity index (χ0) is 14.0. The molecule has 1 fully saturated rings. The smallest absolute Gasteiger partial charge is 0.290 e. The largest absolute Gasteiger partial charge is 0.438 e. The third-order valence-electron chi connectivity index (χ3n) is 2.95. The topological polar surface area (TPSA) is 88.9 Å². The number of sulfonamides is 1. The molecule has 0 saturated carbocycles. The lowest BCUT2D eigenvalue weighted by atomic mass is 10.2.